The Kier molecular flexibility index (Phi) is 3.13. The van der Waals surface area contributed by atoms with E-state index < -0.39 is 0 Å². The molecule has 0 amide bonds. The fourth-order valence-electron chi connectivity index (χ4n) is 2.38. The molecule has 94 valence electrons. The summed E-state index contributed by atoms with van der Waals surface area (Å²) in [6.45, 7) is 2.51. The molecule has 2 heterocycles. The van der Waals surface area contributed by atoms with Gasteiger partial charge in [-0.2, -0.15) is 0 Å². The molecule has 1 N–H and O–H groups in total. The van der Waals surface area contributed by atoms with Gasteiger partial charge in [0.25, 0.3) is 0 Å². The number of hydrogen-bond acceptors (Lipinski definition) is 4. The highest BCUT2D eigenvalue weighted by molar-refractivity contribution is 5.87. The van der Waals surface area contributed by atoms with Crippen LogP contribution in [0.5, 0.6) is 5.75 Å². The molecule has 1 unspecified atom stereocenters. The Morgan fingerprint density at radius 1 is 1.39 bits per heavy atom. The van der Waals surface area contributed by atoms with Gasteiger partial charge in [0.1, 0.15) is 11.3 Å². The Bertz CT molecular complexity index is 550. The second-order valence-corrected chi connectivity index (χ2v) is 4.32. The average molecular weight is 244 g/mol. The Morgan fingerprint density at radius 2 is 2.33 bits per heavy atom. The van der Waals surface area contributed by atoms with Crippen LogP contribution >= 0.6 is 0 Å². The number of fused-ring (bicyclic) bond motifs is 1. The van der Waals surface area contributed by atoms with Gasteiger partial charge in [-0.3, -0.25) is 4.98 Å². The molecule has 0 aliphatic carbocycles. The molecule has 18 heavy (non-hydrogen) atoms. The molecule has 0 spiro atoms. The zero-order valence-electron chi connectivity index (χ0n) is 10.3. The van der Waals surface area contributed by atoms with Crippen molar-refractivity contribution >= 4 is 10.9 Å². The first-order valence-electron chi connectivity index (χ1n) is 6.14. The minimum absolute atomic E-state index is 0.0938. The molecule has 4 heteroatoms. The topological polar surface area (TPSA) is 43.4 Å². The normalized spacial score (nSPS) is 19.9. The van der Waals surface area contributed by atoms with Gasteiger partial charge in [0.15, 0.2) is 0 Å². The first kappa shape index (κ1) is 11.4. The summed E-state index contributed by atoms with van der Waals surface area (Å²) < 4.78 is 11.2. The molecule has 2 aromatic rings. The van der Waals surface area contributed by atoms with Crippen molar-refractivity contribution in [3.8, 4) is 5.75 Å². The molecule has 0 saturated carbocycles. The Balaban J connectivity index is 2.11. The molecule has 1 saturated heterocycles. The van der Waals surface area contributed by atoms with Crippen LogP contribution in [0.1, 0.15) is 11.7 Å². The largest absolute Gasteiger partial charge is 0.494 e. The first-order chi connectivity index (χ1) is 8.90. The fraction of sp³-hybridized carbons (Fsp3) is 0.357. The summed E-state index contributed by atoms with van der Waals surface area (Å²) in [5.74, 6) is 0.804. The predicted octanol–water partition coefficient (Wildman–Crippen LogP) is 1.90. The lowest BCUT2D eigenvalue weighted by Gasteiger charge is -2.25. The maximum atomic E-state index is 5.81. The van der Waals surface area contributed by atoms with Crippen molar-refractivity contribution in [3.63, 3.8) is 0 Å². The van der Waals surface area contributed by atoms with Crippen molar-refractivity contribution in [1.29, 1.82) is 0 Å². The standard InChI is InChI=1S/C14H16N2O2/c1-17-12-4-2-3-11-10(5-6-16-14(11)12)13-9-15-7-8-18-13/h2-6,13,15H,7-9H2,1H3. The van der Waals surface area contributed by atoms with Crippen molar-refractivity contribution in [3.05, 3.63) is 36.0 Å². The zero-order chi connectivity index (χ0) is 12.4. The highest BCUT2D eigenvalue weighted by Gasteiger charge is 2.18. The van der Waals surface area contributed by atoms with Crippen molar-refractivity contribution in [2.24, 2.45) is 0 Å². The smallest absolute Gasteiger partial charge is 0.145 e. The van der Waals surface area contributed by atoms with Gasteiger partial charge in [-0.25, -0.2) is 0 Å². The van der Waals surface area contributed by atoms with Crippen molar-refractivity contribution < 1.29 is 9.47 Å². The van der Waals surface area contributed by atoms with E-state index in [1.807, 2.05) is 24.4 Å². The molecule has 0 bridgehead atoms. The summed E-state index contributed by atoms with van der Waals surface area (Å²) in [6.07, 6.45) is 1.91. The number of rotatable bonds is 2. The molecule has 1 fully saturated rings. The molecule has 3 rings (SSSR count). The molecular weight excluding hydrogens is 228 g/mol. The minimum Gasteiger partial charge on any atom is -0.494 e. The van der Waals surface area contributed by atoms with E-state index in [0.29, 0.717) is 0 Å². The van der Waals surface area contributed by atoms with E-state index in [-0.39, 0.29) is 6.10 Å². The van der Waals surface area contributed by atoms with Gasteiger partial charge in [-0.15, -0.1) is 0 Å². The second kappa shape index (κ2) is 4.92. The molecule has 1 atom stereocenters. The number of ether oxygens (including phenoxy) is 2. The fourth-order valence-corrected chi connectivity index (χ4v) is 2.38. The maximum absolute atomic E-state index is 5.81. The maximum Gasteiger partial charge on any atom is 0.145 e. The van der Waals surface area contributed by atoms with Gasteiger partial charge in [-0.05, 0) is 17.7 Å². The van der Waals surface area contributed by atoms with Crippen LogP contribution in [0.4, 0.5) is 0 Å². The number of morpholine rings is 1. The molecule has 1 aromatic carbocycles. The second-order valence-electron chi connectivity index (χ2n) is 4.32. The van der Waals surface area contributed by atoms with Gasteiger partial charge in [0, 0.05) is 24.7 Å². The molecule has 1 aromatic heterocycles. The zero-order valence-corrected chi connectivity index (χ0v) is 10.3. The van der Waals surface area contributed by atoms with E-state index in [1.165, 1.54) is 5.56 Å². The summed E-state index contributed by atoms with van der Waals surface area (Å²) in [7, 11) is 1.67. The Labute approximate surface area is 106 Å². The van der Waals surface area contributed by atoms with E-state index in [1.54, 1.807) is 7.11 Å². The van der Waals surface area contributed by atoms with Crippen LogP contribution in [0.15, 0.2) is 30.5 Å². The van der Waals surface area contributed by atoms with Gasteiger partial charge in [-0.1, -0.05) is 12.1 Å². The molecule has 1 aliphatic heterocycles. The van der Waals surface area contributed by atoms with Crippen LogP contribution in [0.2, 0.25) is 0 Å². The SMILES string of the molecule is COc1cccc2c(C3CNCCO3)ccnc12. The third kappa shape index (κ3) is 1.94. The highest BCUT2D eigenvalue weighted by Crippen LogP contribution is 2.30. The van der Waals surface area contributed by atoms with E-state index in [9.17, 15) is 0 Å². The number of benzene rings is 1. The van der Waals surface area contributed by atoms with E-state index in [4.69, 9.17) is 9.47 Å². The summed E-state index contributed by atoms with van der Waals surface area (Å²) in [4.78, 5) is 4.41. The van der Waals surface area contributed by atoms with Crippen LogP contribution in [-0.4, -0.2) is 31.8 Å². The average Bonchev–Trinajstić information content (AvgIpc) is 2.47. The number of methoxy groups -OCH3 is 1. The quantitative estimate of drug-likeness (QED) is 0.876. The lowest BCUT2D eigenvalue weighted by Crippen LogP contribution is -2.33. The Hall–Kier alpha value is -1.65. The van der Waals surface area contributed by atoms with Crippen LogP contribution in [0, 0.1) is 0 Å². The first-order valence-corrected chi connectivity index (χ1v) is 6.14. The molecule has 4 nitrogen and oxygen atoms in total. The van der Waals surface area contributed by atoms with Gasteiger partial charge in [0.05, 0.1) is 19.8 Å². The third-order valence-electron chi connectivity index (χ3n) is 3.26. The number of nitrogens with zero attached hydrogens (tertiary/aromatic N) is 1. The number of aromatic nitrogens is 1. The highest BCUT2D eigenvalue weighted by atomic mass is 16.5. The van der Waals surface area contributed by atoms with Gasteiger partial charge >= 0.3 is 0 Å². The summed E-state index contributed by atoms with van der Waals surface area (Å²) in [5, 5.41) is 4.45. The number of para-hydroxylation sites is 1. The van der Waals surface area contributed by atoms with E-state index in [2.05, 4.69) is 16.4 Å². The predicted molar refractivity (Wildman–Crippen MR) is 69.9 cm³/mol. The monoisotopic (exact) mass is 244 g/mol. The minimum atomic E-state index is 0.0938. The molecule has 0 radical (unpaired) electrons. The van der Waals surface area contributed by atoms with Crippen LogP contribution < -0.4 is 10.1 Å². The number of nitrogens with one attached hydrogen (secondary N) is 1. The van der Waals surface area contributed by atoms with Gasteiger partial charge in [0.2, 0.25) is 0 Å². The van der Waals surface area contributed by atoms with E-state index in [0.717, 1.165) is 36.3 Å². The van der Waals surface area contributed by atoms with Crippen LogP contribution in [-0.2, 0) is 4.74 Å². The summed E-state index contributed by atoms with van der Waals surface area (Å²) in [5.41, 5.74) is 2.07. The van der Waals surface area contributed by atoms with E-state index >= 15 is 0 Å². The Morgan fingerprint density at radius 3 is 3.11 bits per heavy atom. The summed E-state index contributed by atoms with van der Waals surface area (Å²) >= 11 is 0. The third-order valence-corrected chi connectivity index (χ3v) is 3.26. The van der Waals surface area contributed by atoms with Crippen molar-refractivity contribution in [1.82, 2.24) is 10.3 Å². The lowest BCUT2D eigenvalue weighted by atomic mass is 10.0. The van der Waals surface area contributed by atoms with Gasteiger partial charge < -0.3 is 14.8 Å². The molecular formula is C14H16N2O2. The van der Waals surface area contributed by atoms with Crippen molar-refractivity contribution in [2.45, 2.75) is 6.10 Å². The number of pyridine rings is 1. The van der Waals surface area contributed by atoms with Crippen LogP contribution in [0.3, 0.4) is 0 Å². The van der Waals surface area contributed by atoms with Crippen molar-refractivity contribution in [2.75, 3.05) is 26.8 Å². The summed E-state index contributed by atoms with van der Waals surface area (Å²) in [6, 6.07) is 8.01. The lowest BCUT2D eigenvalue weighted by molar-refractivity contribution is 0.0286. The number of hydrogen-bond donors (Lipinski definition) is 1. The molecule has 1 aliphatic rings. The van der Waals surface area contributed by atoms with Crippen LogP contribution in [0.25, 0.3) is 10.9 Å².